The van der Waals surface area contributed by atoms with Crippen molar-refractivity contribution < 1.29 is 9.90 Å². The molecule has 0 aliphatic carbocycles. The Kier molecular flexibility index (Phi) is 5.55. The van der Waals surface area contributed by atoms with Crippen LogP contribution in [-0.2, 0) is 6.54 Å². The molecule has 1 rings (SSSR count). The largest absolute Gasteiger partial charge is 0.478 e. The number of hydrogen-bond acceptors (Lipinski definition) is 2. The zero-order chi connectivity index (χ0) is 14.5. The Morgan fingerprint density at radius 1 is 1.21 bits per heavy atom. The minimum Gasteiger partial charge on any atom is -0.478 e. The zero-order valence-corrected chi connectivity index (χ0v) is 12.4. The van der Waals surface area contributed by atoms with Gasteiger partial charge in [0.05, 0.1) is 5.56 Å². The monoisotopic (exact) mass is 263 g/mol. The fraction of sp³-hybridized carbons (Fsp3) is 0.562. The van der Waals surface area contributed by atoms with Crippen LogP contribution >= 0.6 is 0 Å². The van der Waals surface area contributed by atoms with Gasteiger partial charge in [-0.3, -0.25) is 0 Å². The van der Waals surface area contributed by atoms with Crippen molar-refractivity contribution >= 4 is 5.97 Å². The van der Waals surface area contributed by atoms with Crippen molar-refractivity contribution in [1.29, 1.82) is 0 Å². The van der Waals surface area contributed by atoms with Gasteiger partial charge in [0.2, 0.25) is 0 Å². The molecule has 3 heteroatoms. The fourth-order valence-corrected chi connectivity index (χ4v) is 2.02. The first-order valence-electron chi connectivity index (χ1n) is 6.79. The van der Waals surface area contributed by atoms with Gasteiger partial charge in [0.1, 0.15) is 0 Å². The molecule has 0 spiro atoms. The van der Waals surface area contributed by atoms with Crippen LogP contribution in [-0.4, -0.2) is 29.6 Å². The number of aromatic carboxylic acids is 1. The Morgan fingerprint density at radius 3 is 2.26 bits per heavy atom. The van der Waals surface area contributed by atoms with E-state index in [0.717, 1.165) is 18.7 Å². The number of benzene rings is 1. The molecule has 0 aliphatic rings. The number of carboxylic acid groups (broad SMARTS) is 1. The molecule has 0 aliphatic heterocycles. The Hall–Kier alpha value is -1.35. The number of nitrogens with zero attached hydrogens (tertiary/aromatic N) is 1. The van der Waals surface area contributed by atoms with Gasteiger partial charge in [-0.05, 0) is 49.5 Å². The minimum atomic E-state index is -0.870. The number of carboxylic acids is 1. The summed E-state index contributed by atoms with van der Waals surface area (Å²) in [6.07, 6.45) is 2.41. The van der Waals surface area contributed by atoms with Gasteiger partial charge in [-0.15, -0.1) is 0 Å². The van der Waals surface area contributed by atoms with E-state index >= 15 is 0 Å². The average Bonchev–Trinajstić information content (AvgIpc) is 2.27. The summed E-state index contributed by atoms with van der Waals surface area (Å²) in [6, 6.07) is 7.12. The summed E-state index contributed by atoms with van der Waals surface area (Å²) in [5, 5.41) is 8.84. The van der Waals surface area contributed by atoms with E-state index in [1.165, 1.54) is 12.8 Å². The van der Waals surface area contributed by atoms with Crippen LogP contribution in [0.5, 0.6) is 0 Å². The van der Waals surface area contributed by atoms with Crippen LogP contribution in [0.3, 0.4) is 0 Å². The molecule has 0 fully saturated rings. The second-order valence-electron chi connectivity index (χ2n) is 6.40. The molecule has 0 aromatic heterocycles. The predicted octanol–water partition coefficient (Wildman–Crippen LogP) is 3.64. The van der Waals surface area contributed by atoms with E-state index in [9.17, 15) is 4.79 Å². The molecular weight excluding hydrogens is 238 g/mol. The molecule has 0 atom stereocenters. The summed E-state index contributed by atoms with van der Waals surface area (Å²) in [7, 11) is 2.10. The summed E-state index contributed by atoms with van der Waals surface area (Å²) >= 11 is 0. The van der Waals surface area contributed by atoms with Crippen LogP contribution < -0.4 is 0 Å². The minimum absolute atomic E-state index is 0.346. The maximum Gasteiger partial charge on any atom is 0.335 e. The Balaban J connectivity index is 2.40. The first-order valence-corrected chi connectivity index (χ1v) is 6.79. The highest BCUT2D eigenvalue weighted by Gasteiger charge is 2.10. The second kappa shape index (κ2) is 6.71. The van der Waals surface area contributed by atoms with Gasteiger partial charge >= 0.3 is 5.97 Å². The van der Waals surface area contributed by atoms with Crippen molar-refractivity contribution in [2.24, 2.45) is 5.41 Å². The SMILES string of the molecule is CN(CCCC(C)(C)C)Cc1ccc(C(=O)O)cc1. The highest BCUT2D eigenvalue weighted by atomic mass is 16.4. The van der Waals surface area contributed by atoms with E-state index in [-0.39, 0.29) is 0 Å². The number of hydrogen-bond donors (Lipinski definition) is 1. The third-order valence-corrected chi connectivity index (χ3v) is 3.12. The zero-order valence-electron chi connectivity index (χ0n) is 12.4. The third kappa shape index (κ3) is 6.39. The maximum atomic E-state index is 10.8. The van der Waals surface area contributed by atoms with Gasteiger partial charge in [0.15, 0.2) is 0 Å². The molecule has 0 amide bonds. The van der Waals surface area contributed by atoms with Gasteiger partial charge in [0, 0.05) is 6.54 Å². The van der Waals surface area contributed by atoms with E-state index in [1.54, 1.807) is 12.1 Å². The lowest BCUT2D eigenvalue weighted by Crippen LogP contribution is -2.20. The van der Waals surface area contributed by atoms with Gasteiger partial charge in [0.25, 0.3) is 0 Å². The standard InChI is InChI=1S/C16H25NO2/c1-16(2,3)10-5-11-17(4)12-13-6-8-14(9-7-13)15(18)19/h6-9H,5,10-12H2,1-4H3,(H,18,19). The lowest BCUT2D eigenvalue weighted by Gasteiger charge is -2.21. The van der Waals surface area contributed by atoms with Crippen molar-refractivity contribution in [2.75, 3.05) is 13.6 Å². The molecule has 0 heterocycles. The Labute approximate surface area is 116 Å². The molecule has 0 bridgehead atoms. The van der Waals surface area contributed by atoms with E-state index in [1.807, 2.05) is 12.1 Å². The summed E-state index contributed by atoms with van der Waals surface area (Å²) in [6.45, 7) is 8.72. The third-order valence-electron chi connectivity index (χ3n) is 3.12. The van der Waals surface area contributed by atoms with Crippen LogP contribution in [0.4, 0.5) is 0 Å². The normalized spacial score (nSPS) is 11.8. The van der Waals surface area contributed by atoms with Gasteiger partial charge in [-0.25, -0.2) is 4.79 Å². The lowest BCUT2D eigenvalue weighted by atomic mass is 9.90. The molecule has 19 heavy (non-hydrogen) atoms. The maximum absolute atomic E-state index is 10.8. The van der Waals surface area contributed by atoms with E-state index in [2.05, 4.69) is 32.7 Å². The van der Waals surface area contributed by atoms with Crippen LogP contribution in [0, 0.1) is 5.41 Å². The smallest absolute Gasteiger partial charge is 0.335 e. The van der Waals surface area contributed by atoms with Gasteiger partial charge in [-0.1, -0.05) is 32.9 Å². The quantitative estimate of drug-likeness (QED) is 0.851. The van der Waals surface area contributed by atoms with Crippen LogP contribution in [0.15, 0.2) is 24.3 Å². The summed E-state index contributed by atoms with van der Waals surface area (Å²) in [5.41, 5.74) is 1.90. The van der Waals surface area contributed by atoms with Gasteiger partial charge < -0.3 is 10.0 Å². The molecule has 0 unspecified atom stereocenters. The van der Waals surface area contributed by atoms with E-state index in [0.29, 0.717) is 11.0 Å². The lowest BCUT2D eigenvalue weighted by molar-refractivity contribution is 0.0697. The van der Waals surface area contributed by atoms with Crippen molar-refractivity contribution in [3.63, 3.8) is 0 Å². The van der Waals surface area contributed by atoms with Crippen LogP contribution in [0.25, 0.3) is 0 Å². The fourth-order valence-electron chi connectivity index (χ4n) is 2.02. The van der Waals surface area contributed by atoms with Gasteiger partial charge in [-0.2, -0.15) is 0 Å². The molecule has 3 nitrogen and oxygen atoms in total. The van der Waals surface area contributed by atoms with E-state index < -0.39 is 5.97 Å². The average molecular weight is 263 g/mol. The molecular formula is C16H25NO2. The van der Waals surface area contributed by atoms with Crippen molar-refractivity contribution in [2.45, 2.75) is 40.2 Å². The first kappa shape index (κ1) is 15.7. The topological polar surface area (TPSA) is 40.5 Å². The highest BCUT2D eigenvalue weighted by Crippen LogP contribution is 2.20. The molecule has 1 N–H and O–H groups in total. The molecule has 0 saturated carbocycles. The molecule has 0 saturated heterocycles. The summed E-state index contributed by atoms with van der Waals surface area (Å²) in [5.74, 6) is -0.870. The molecule has 1 aromatic carbocycles. The Morgan fingerprint density at radius 2 is 1.79 bits per heavy atom. The summed E-state index contributed by atoms with van der Waals surface area (Å²) in [4.78, 5) is 13.0. The number of carbonyl (C=O) groups is 1. The van der Waals surface area contributed by atoms with Crippen molar-refractivity contribution in [3.05, 3.63) is 35.4 Å². The second-order valence-corrected chi connectivity index (χ2v) is 6.40. The summed E-state index contributed by atoms with van der Waals surface area (Å²) < 4.78 is 0. The predicted molar refractivity (Wildman–Crippen MR) is 78.4 cm³/mol. The first-order chi connectivity index (χ1) is 8.78. The molecule has 106 valence electrons. The number of rotatable bonds is 6. The van der Waals surface area contributed by atoms with Crippen molar-refractivity contribution in [1.82, 2.24) is 4.90 Å². The molecule has 1 aromatic rings. The molecule has 0 radical (unpaired) electrons. The Bertz CT molecular complexity index is 404. The van der Waals surface area contributed by atoms with Crippen LogP contribution in [0.2, 0.25) is 0 Å². The van der Waals surface area contributed by atoms with E-state index in [4.69, 9.17) is 5.11 Å². The highest BCUT2D eigenvalue weighted by molar-refractivity contribution is 5.87. The van der Waals surface area contributed by atoms with Crippen LogP contribution in [0.1, 0.15) is 49.5 Å². The van der Waals surface area contributed by atoms with Crippen molar-refractivity contribution in [3.8, 4) is 0 Å².